The number of hydrogen-bond acceptors (Lipinski definition) is 2. The van der Waals surface area contributed by atoms with E-state index in [1.807, 2.05) is 0 Å². The highest BCUT2D eigenvalue weighted by Gasteiger charge is 2.29. The van der Waals surface area contributed by atoms with Crippen LogP contribution in [0, 0.1) is 0 Å². The van der Waals surface area contributed by atoms with Crippen molar-refractivity contribution in [3.8, 4) is 0 Å². The topological polar surface area (TPSA) is 21.1 Å². The quantitative estimate of drug-likeness (QED) is 0.699. The second-order valence-electron chi connectivity index (χ2n) is 4.69. The van der Waals surface area contributed by atoms with E-state index in [4.69, 9.17) is 11.6 Å². The zero-order valence-corrected chi connectivity index (χ0v) is 11.6. The summed E-state index contributed by atoms with van der Waals surface area (Å²) < 4.78 is 2.13. The predicted molar refractivity (Wildman–Crippen MR) is 71.4 cm³/mol. The fraction of sp³-hybridized carbons (Fsp3) is 0.769. The number of alkyl halides is 1. The van der Waals surface area contributed by atoms with Gasteiger partial charge in [0.25, 0.3) is 0 Å². The third kappa shape index (κ3) is 3.23. The van der Waals surface area contributed by atoms with Gasteiger partial charge in [-0.1, -0.05) is 6.92 Å². The summed E-state index contributed by atoms with van der Waals surface area (Å²) in [5, 5.41) is 4.60. The van der Waals surface area contributed by atoms with E-state index in [2.05, 4.69) is 34.6 Å². The number of halogens is 1. The predicted octanol–water partition coefficient (Wildman–Crippen LogP) is 2.67. The summed E-state index contributed by atoms with van der Waals surface area (Å²) in [6.07, 6.45) is 3.68. The Morgan fingerprint density at radius 2 is 2.24 bits per heavy atom. The lowest BCUT2D eigenvalue weighted by Gasteiger charge is -2.20. The lowest BCUT2D eigenvalue weighted by molar-refractivity contribution is 0.262. The molecule has 1 fully saturated rings. The van der Waals surface area contributed by atoms with Crippen LogP contribution in [0.5, 0.6) is 0 Å². The van der Waals surface area contributed by atoms with Crippen LogP contribution in [-0.2, 0) is 19.5 Å². The lowest BCUT2D eigenvalue weighted by atomic mass is 10.3. The maximum absolute atomic E-state index is 5.88. The zero-order chi connectivity index (χ0) is 12.3. The summed E-state index contributed by atoms with van der Waals surface area (Å²) in [7, 11) is 0. The molecule has 17 heavy (non-hydrogen) atoms. The first-order valence-electron chi connectivity index (χ1n) is 6.64. The van der Waals surface area contributed by atoms with Crippen molar-refractivity contribution in [3.05, 3.63) is 17.5 Å². The van der Waals surface area contributed by atoms with Crippen LogP contribution < -0.4 is 0 Å². The van der Waals surface area contributed by atoms with Crippen molar-refractivity contribution in [2.75, 3.05) is 12.4 Å². The van der Waals surface area contributed by atoms with Gasteiger partial charge in [0, 0.05) is 31.6 Å². The van der Waals surface area contributed by atoms with Gasteiger partial charge in [-0.2, -0.15) is 5.10 Å². The third-order valence-electron chi connectivity index (χ3n) is 3.38. The lowest BCUT2D eigenvalue weighted by Crippen LogP contribution is -2.28. The Kier molecular flexibility index (Phi) is 4.46. The van der Waals surface area contributed by atoms with Crippen molar-refractivity contribution < 1.29 is 0 Å². The summed E-state index contributed by atoms with van der Waals surface area (Å²) in [6.45, 7) is 7.25. The molecule has 1 aromatic rings. The number of hydrogen-bond donors (Lipinski definition) is 0. The molecular weight excluding hydrogens is 234 g/mol. The first kappa shape index (κ1) is 12.9. The van der Waals surface area contributed by atoms with Gasteiger partial charge in [-0.25, -0.2) is 0 Å². The monoisotopic (exact) mass is 255 g/mol. The molecule has 1 aromatic heterocycles. The molecule has 0 amide bonds. The van der Waals surface area contributed by atoms with E-state index < -0.39 is 0 Å². The maximum Gasteiger partial charge on any atom is 0.0625 e. The molecule has 0 radical (unpaired) electrons. The molecule has 0 aliphatic heterocycles. The standard InChI is InChI=1S/C13H22ClN3/c1-3-11-9-13(17(4-2)15-11)10-16(8-7-14)12-5-6-12/h9,12H,3-8,10H2,1-2H3. The van der Waals surface area contributed by atoms with Crippen LogP contribution >= 0.6 is 11.6 Å². The fourth-order valence-electron chi connectivity index (χ4n) is 2.24. The van der Waals surface area contributed by atoms with Gasteiger partial charge in [0.2, 0.25) is 0 Å². The number of aryl methyl sites for hydroxylation is 2. The normalized spacial score (nSPS) is 15.8. The highest BCUT2D eigenvalue weighted by molar-refractivity contribution is 6.18. The minimum atomic E-state index is 0.720. The molecule has 3 nitrogen and oxygen atoms in total. The second-order valence-corrected chi connectivity index (χ2v) is 5.06. The summed E-state index contributed by atoms with van der Waals surface area (Å²) >= 11 is 5.88. The van der Waals surface area contributed by atoms with E-state index in [1.54, 1.807) is 0 Å². The summed E-state index contributed by atoms with van der Waals surface area (Å²) in [6, 6.07) is 3.01. The second kappa shape index (κ2) is 5.87. The van der Waals surface area contributed by atoms with Crippen LogP contribution in [0.1, 0.15) is 38.1 Å². The molecule has 0 saturated heterocycles. The van der Waals surface area contributed by atoms with Gasteiger partial charge in [-0.05, 0) is 32.3 Å². The van der Waals surface area contributed by atoms with Gasteiger partial charge in [0.15, 0.2) is 0 Å². The molecule has 0 atom stereocenters. The van der Waals surface area contributed by atoms with Crippen molar-refractivity contribution >= 4 is 11.6 Å². The molecule has 4 heteroatoms. The minimum absolute atomic E-state index is 0.720. The Morgan fingerprint density at radius 3 is 2.76 bits per heavy atom. The molecule has 1 heterocycles. The van der Waals surface area contributed by atoms with Crippen LogP contribution in [0.25, 0.3) is 0 Å². The molecule has 0 spiro atoms. The Labute approximate surface area is 109 Å². The molecular formula is C13H22ClN3. The van der Waals surface area contributed by atoms with E-state index >= 15 is 0 Å². The molecule has 1 aliphatic carbocycles. The van der Waals surface area contributed by atoms with Crippen molar-refractivity contribution in [1.82, 2.24) is 14.7 Å². The molecule has 0 N–H and O–H groups in total. The number of nitrogens with zero attached hydrogens (tertiary/aromatic N) is 3. The van der Waals surface area contributed by atoms with Crippen LogP contribution in [0.3, 0.4) is 0 Å². The molecule has 1 saturated carbocycles. The molecule has 0 bridgehead atoms. The fourth-order valence-corrected chi connectivity index (χ4v) is 2.45. The number of aromatic nitrogens is 2. The Morgan fingerprint density at radius 1 is 1.47 bits per heavy atom. The van der Waals surface area contributed by atoms with Gasteiger partial charge in [-0.15, -0.1) is 11.6 Å². The van der Waals surface area contributed by atoms with Crippen LogP contribution in [0.4, 0.5) is 0 Å². The first-order chi connectivity index (χ1) is 8.28. The first-order valence-corrected chi connectivity index (χ1v) is 7.17. The van der Waals surface area contributed by atoms with E-state index in [0.29, 0.717) is 0 Å². The molecule has 2 rings (SSSR count). The molecule has 1 aliphatic rings. The third-order valence-corrected chi connectivity index (χ3v) is 3.54. The highest BCUT2D eigenvalue weighted by atomic mass is 35.5. The summed E-state index contributed by atoms with van der Waals surface area (Å²) in [5.41, 5.74) is 2.53. The van der Waals surface area contributed by atoms with Crippen molar-refractivity contribution in [1.29, 1.82) is 0 Å². The average Bonchev–Trinajstić information content (AvgIpc) is 3.10. The van der Waals surface area contributed by atoms with Crippen molar-refractivity contribution in [2.45, 2.75) is 52.2 Å². The highest BCUT2D eigenvalue weighted by Crippen LogP contribution is 2.28. The summed E-state index contributed by atoms with van der Waals surface area (Å²) in [4.78, 5) is 2.50. The van der Waals surface area contributed by atoms with Crippen LogP contribution in [0.2, 0.25) is 0 Å². The van der Waals surface area contributed by atoms with Gasteiger partial charge >= 0.3 is 0 Å². The molecule has 0 aromatic carbocycles. The maximum atomic E-state index is 5.88. The Balaban J connectivity index is 2.06. The van der Waals surface area contributed by atoms with Gasteiger partial charge in [-0.3, -0.25) is 9.58 Å². The van der Waals surface area contributed by atoms with Crippen LogP contribution in [0.15, 0.2) is 6.07 Å². The molecule has 96 valence electrons. The van der Waals surface area contributed by atoms with E-state index in [0.717, 1.165) is 38.0 Å². The number of rotatable bonds is 7. The smallest absolute Gasteiger partial charge is 0.0625 e. The zero-order valence-electron chi connectivity index (χ0n) is 10.8. The summed E-state index contributed by atoms with van der Waals surface area (Å²) in [5.74, 6) is 0.720. The minimum Gasteiger partial charge on any atom is -0.293 e. The van der Waals surface area contributed by atoms with Gasteiger partial charge in [0.05, 0.1) is 11.4 Å². The van der Waals surface area contributed by atoms with Crippen molar-refractivity contribution in [3.63, 3.8) is 0 Å². The van der Waals surface area contributed by atoms with E-state index in [1.165, 1.54) is 24.2 Å². The van der Waals surface area contributed by atoms with Crippen LogP contribution in [-0.4, -0.2) is 33.1 Å². The molecule has 0 unspecified atom stereocenters. The van der Waals surface area contributed by atoms with Gasteiger partial charge < -0.3 is 0 Å². The Hall–Kier alpha value is -0.540. The van der Waals surface area contributed by atoms with E-state index in [9.17, 15) is 0 Å². The van der Waals surface area contributed by atoms with Crippen molar-refractivity contribution in [2.24, 2.45) is 0 Å². The average molecular weight is 256 g/mol. The van der Waals surface area contributed by atoms with E-state index in [-0.39, 0.29) is 0 Å². The largest absolute Gasteiger partial charge is 0.293 e. The SMILES string of the molecule is CCc1cc(CN(CCCl)C2CC2)n(CC)n1. The Bertz CT molecular complexity index is 358. The van der Waals surface area contributed by atoms with Gasteiger partial charge in [0.1, 0.15) is 0 Å².